The van der Waals surface area contributed by atoms with Crippen molar-refractivity contribution in [2.75, 3.05) is 0 Å². The van der Waals surface area contributed by atoms with E-state index in [0.29, 0.717) is 11.1 Å². The number of hydrogen-bond acceptors (Lipinski definition) is 2. The molecule has 4 nitrogen and oxygen atoms in total. The summed E-state index contributed by atoms with van der Waals surface area (Å²) in [5.41, 5.74) is 11.9. The quantitative estimate of drug-likeness (QED) is 0.162. The van der Waals surface area contributed by atoms with E-state index in [0.717, 1.165) is 67.1 Å². The SMILES string of the molecule is C#Cc1c2nc(c(-c3ccccc3)c3ccc([nH]3)c(C#C)c3nc(c(-c4ccccc4)c4ccc1[nH]4)C=C3)C=C2.[Zn]. The number of H-pyrrole nitrogens is 2. The zero-order chi connectivity index (χ0) is 27.1. The minimum atomic E-state index is 0. The van der Waals surface area contributed by atoms with Crippen molar-refractivity contribution in [3.05, 3.63) is 119 Å². The Labute approximate surface area is 250 Å². The normalized spacial score (nSPS) is 11.5. The summed E-state index contributed by atoms with van der Waals surface area (Å²) >= 11 is 0. The van der Waals surface area contributed by atoms with Gasteiger partial charge >= 0.3 is 0 Å². The molecule has 2 N–H and O–H groups in total. The molecule has 0 saturated heterocycles. The van der Waals surface area contributed by atoms with Crippen LogP contribution in [0.3, 0.4) is 0 Å². The Morgan fingerprint density at radius 3 is 1.22 bits per heavy atom. The molecule has 0 amide bonds. The molecular formula is C36H22N4Zn. The first kappa shape index (κ1) is 26.0. The number of benzene rings is 2. The molecule has 2 aliphatic rings. The van der Waals surface area contributed by atoms with Crippen LogP contribution in [-0.4, -0.2) is 19.9 Å². The molecule has 0 radical (unpaired) electrons. The third kappa shape index (κ3) is 4.54. The van der Waals surface area contributed by atoms with Gasteiger partial charge in [-0.25, -0.2) is 9.97 Å². The van der Waals surface area contributed by atoms with Gasteiger partial charge in [-0.2, -0.15) is 0 Å². The van der Waals surface area contributed by atoms with Crippen molar-refractivity contribution in [1.82, 2.24) is 19.9 Å². The van der Waals surface area contributed by atoms with Crippen molar-refractivity contribution in [2.45, 2.75) is 0 Å². The molecule has 188 valence electrons. The molecule has 0 unspecified atom stereocenters. The van der Waals surface area contributed by atoms with Crippen LogP contribution in [0, 0.1) is 24.7 Å². The van der Waals surface area contributed by atoms with Gasteiger partial charge in [-0.05, 0) is 59.7 Å². The molecule has 5 aromatic rings. The van der Waals surface area contributed by atoms with E-state index in [9.17, 15) is 0 Å². The van der Waals surface area contributed by atoms with Gasteiger partial charge in [-0.15, -0.1) is 12.8 Å². The molecule has 2 aliphatic heterocycles. The Hall–Kier alpha value is -5.22. The first-order valence-corrected chi connectivity index (χ1v) is 12.9. The second-order valence-electron chi connectivity index (χ2n) is 9.52. The molecule has 0 aliphatic carbocycles. The van der Waals surface area contributed by atoms with Gasteiger partial charge in [0.15, 0.2) is 0 Å². The molecular weight excluding hydrogens is 554 g/mol. The zero-order valence-corrected chi connectivity index (χ0v) is 25.1. The number of aromatic nitrogens is 4. The van der Waals surface area contributed by atoms with Crippen LogP contribution < -0.4 is 0 Å². The Morgan fingerprint density at radius 1 is 0.463 bits per heavy atom. The maximum atomic E-state index is 6.08. The summed E-state index contributed by atoms with van der Waals surface area (Å²) in [5, 5.41) is 0. The standard InChI is InChI=1S/C36H22N4.Zn/c1-3-25-27-15-19-31(37-27)35(23-11-7-5-8-12-23)33-21-17-29(39-33)26(4-2)30-18-22-34(40-30)36(24-13-9-6-10-14-24)32-20-16-28(25)38-32;/h1-2,5-22,37,40H;. The zero-order valence-electron chi connectivity index (χ0n) is 22.1. The van der Waals surface area contributed by atoms with Crippen molar-refractivity contribution < 1.29 is 19.5 Å². The van der Waals surface area contributed by atoms with Crippen LogP contribution in [0.4, 0.5) is 0 Å². The van der Waals surface area contributed by atoms with Gasteiger partial charge in [0.1, 0.15) is 0 Å². The number of fused-ring (bicyclic) bond motifs is 8. The van der Waals surface area contributed by atoms with Gasteiger partial charge in [0.2, 0.25) is 0 Å². The minimum absolute atomic E-state index is 0. The van der Waals surface area contributed by atoms with E-state index < -0.39 is 0 Å². The van der Waals surface area contributed by atoms with Crippen LogP contribution in [0.5, 0.6) is 0 Å². The number of nitrogens with one attached hydrogen (secondary N) is 2. The van der Waals surface area contributed by atoms with Crippen molar-refractivity contribution >= 4 is 46.4 Å². The maximum absolute atomic E-state index is 6.08. The van der Waals surface area contributed by atoms with E-state index in [2.05, 4.69) is 46.1 Å². The summed E-state index contributed by atoms with van der Waals surface area (Å²) in [6, 6.07) is 28.4. The second-order valence-corrected chi connectivity index (χ2v) is 9.52. The summed E-state index contributed by atoms with van der Waals surface area (Å²) in [6.45, 7) is 0. The predicted molar refractivity (Wildman–Crippen MR) is 166 cm³/mol. The number of aromatic amines is 2. The largest absolute Gasteiger partial charge is 0.354 e. The molecule has 7 rings (SSSR count). The first-order chi connectivity index (χ1) is 19.7. The summed E-state index contributed by atoms with van der Waals surface area (Å²) in [7, 11) is 0. The van der Waals surface area contributed by atoms with Gasteiger partial charge in [0.05, 0.1) is 44.9 Å². The third-order valence-electron chi connectivity index (χ3n) is 7.17. The van der Waals surface area contributed by atoms with Crippen molar-refractivity contribution in [1.29, 1.82) is 0 Å². The van der Waals surface area contributed by atoms with Gasteiger partial charge < -0.3 is 9.97 Å². The molecule has 8 bridgehead atoms. The van der Waals surface area contributed by atoms with E-state index in [1.807, 2.05) is 85.0 Å². The van der Waals surface area contributed by atoms with Crippen LogP contribution in [0.1, 0.15) is 33.9 Å². The number of hydrogen-bond donors (Lipinski definition) is 2. The molecule has 2 aromatic carbocycles. The smallest absolute Gasteiger partial charge is 0.0815 e. The fourth-order valence-electron chi connectivity index (χ4n) is 5.33. The predicted octanol–water partition coefficient (Wildman–Crippen LogP) is 7.95. The number of nitrogens with zero attached hydrogens (tertiary/aromatic N) is 2. The molecule has 0 spiro atoms. The van der Waals surface area contributed by atoms with Crippen LogP contribution in [0.25, 0.3) is 68.6 Å². The molecule has 0 fully saturated rings. The molecule has 0 atom stereocenters. The molecule has 3 aromatic heterocycles. The van der Waals surface area contributed by atoms with E-state index >= 15 is 0 Å². The number of rotatable bonds is 2. The van der Waals surface area contributed by atoms with Gasteiger partial charge in [0.25, 0.3) is 0 Å². The second kappa shape index (κ2) is 10.7. The maximum Gasteiger partial charge on any atom is 0.0815 e. The van der Waals surface area contributed by atoms with Crippen molar-refractivity contribution in [3.8, 4) is 46.9 Å². The summed E-state index contributed by atoms with van der Waals surface area (Å²) in [4.78, 5) is 17.2. The van der Waals surface area contributed by atoms with Crippen LogP contribution in [0.15, 0.2) is 84.9 Å². The van der Waals surface area contributed by atoms with Gasteiger partial charge in [-0.3, -0.25) is 0 Å². The Kier molecular flexibility index (Phi) is 6.82. The van der Waals surface area contributed by atoms with Gasteiger partial charge in [0, 0.05) is 41.6 Å². The van der Waals surface area contributed by atoms with Crippen molar-refractivity contribution in [3.63, 3.8) is 0 Å². The summed E-state index contributed by atoms with van der Waals surface area (Å²) in [6.07, 6.45) is 20.1. The van der Waals surface area contributed by atoms with Crippen LogP contribution >= 0.6 is 0 Å². The molecule has 41 heavy (non-hydrogen) atoms. The topological polar surface area (TPSA) is 57.4 Å². The van der Waals surface area contributed by atoms with Gasteiger partial charge in [-0.1, -0.05) is 72.5 Å². The summed E-state index contributed by atoms with van der Waals surface area (Å²) in [5.74, 6) is 5.75. The Bertz CT molecular complexity index is 1960. The Morgan fingerprint density at radius 2 is 0.829 bits per heavy atom. The third-order valence-corrected chi connectivity index (χ3v) is 7.17. The van der Waals surface area contributed by atoms with Crippen molar-refractivity contribution in [2.24, 2.45) is 0 Å². The van der Waals surface area contributed by atoms with E-state index in [-0.39, 0.29) is 19.5 Å². The van der Waals surface area contributed by atoms with Crippen LogP contribution in [0.2, 0.25) is 0 Å². The van der Waals surface area contributed by atoms with E-state index in [1.54, 1.807) is 0 Å². The Balaban J connectivity index is 0.00000302. The monoisotopic (exact) mass is 574 g/mol. The van der Waals surface area contributed by atoms with Crippen LogP contribution in [-0.2, 0) is 19.5 Å². The molecule has 0 saturated carbocycles. The number of terminal acetylenes is 2. The molecule has 5 heterocycles. The fourth-order valence-corrected chi connectivity index (χ4v) is 5.33. The van der Waals surface area contributed by atoms with E-state index in [1.165, 1.54) is 0 Å². The first-order valence-electron chi connectivity index (χ1n) is 12.9. The minimum Gasteiger partial charge on any atom is -0.354 e. The van der Waals surface area contributed by atoms with E-state index in [4.69, 9.17) is 22.8 Å². The molecule has 5 heteroatoms. The average Bonchev–Trinajstić information content (AvgIpc) is 3.81. The average molecular weight is 576 g/mol. The summed E-state index contributed by atoms with van der Waals surface area (Å²) < 4.78 is 0. The fraction of sp³-hybridized carbons (Fsp3) is 0.